The molecule has 0 saturated heterocycles. The minimum atomic E-state index is -0.426. The topological polar surface area (TPSA) is 100 Å². The maximum atomic E-state index is 12.0. The van der Waals surface area contributed by atoms with Crippen molar-refractivity contribution >= 4 is 12.1 Å². The Morgan fingerprint density at radius 2 is 1.78 bits per heavy atom. The summed E-state index contributed by atoms with van der Waals surface area (Å²) in [6.45, 7) is 0. The minimum Gasteiger partial charge on any atom is -0.504 e. The second-order valence-corrected chi connectivity index (χ2v) is 4.52. The maximum Gasteiger partial charge on any atom is 0.271 e. The van der Waals surface area contributed by atoms with Gasteiger partial charge in [0.1, 0.15) is 0 Å². The van der Waals surface area contributed by atoms with Gasteiger partial charge in [-0.15, -0.1) is 0 Å². The molecule has 0 aliphatic carbocycles. The summed E-state index contributed by atoms with van der Waals surface area (Å²) in [5, 5.41) is 22.4. The number of hydrogen-bond acceptors (Lipinski definition) is 6. The number of carbonyl (C=O) groups is 1. The molecule has 0 heterocycles. The van der Waals surface area contributed by atoms with Crippen molar-refractivity contribution in [2.45, 2.75) is 0 Å². The molecule has 0 spiro atoms. The van der Waals surface area contributed by atoms with E-state index in [1.807, 2.05) is 0 Å². The number of hydrazone groups is 1. The van der Waals surface area contributed by atoms with Crippen LogP contribution < -0.4 is 14.9 Å². The van der Waals surface area contributed by atoms with Crippen LogP contribution in [0.5, 0.6) is 23.0 Å². The van der Waals surface area contributed by atoms with Crippen LogP contribution >= 0.6 is 0 Å². The van der Waals surface area contributed by atoms with E-state index >= 15 is 0 Å². The fourth-order valence-electron chi connectivity index (χ4n) is 1.83. The van der Waals surface area contributed by atoms with Crippen LogP contribution in [0.3, 0.4) is 0 Å². The highest BCUT2D eigenvalue weighted by molar-refractivity contribution is 5.95. The van der Waals surface area contributed by atoms with Gasteiger partial charge in [0.05, 0.1) is 20.4 Å². The first kappa shape index (κ1) is 16.2. The lowest BCUT2D eigenvalue weighted by Gasteiger charge is -2.08. The Morgan fingerprint density at radius 3 is 2.43 bits per heavy atom. The van der Waals surface area contributed by atoms with E-state index in [9.17, 15) is 15.0 Å². The molecular weight excluding hydrogens is 300 g/mol. The van der Waals surface area contributed by atoms with Crippen molar-refractivity contribution in [1.82, 2.24) is 5.43 Å². The predicted octanol–water partition coefficient (Wildman–Crippen LogP) is 1.88. The highest BCUT2D eigenvalue weighted by atomic mass is 16.5. The molecular formula is C16H16N2O5. The van der Waals surface area contributed by atoms with Crippen molar-refractivity contribution in [3.63, 3.8) is 0 Å². The number of ether oxygens (including phenoxy) is 2. The minimum absolute atomic E-state index is 0.225. The molecule has 7 nitrogen and oxygen atoms in total. The Balaban J connectivity index is 2.07. The number of hydrogen-bond donors (Lipinski definition) is 3. The summed E-state index contributed by atoms with van der Waals surface area (Å²) in [7, 11) is 2.99. The number of nitrogens with one attached hydrogen (secondary N) is 1. The summed E-state index contributed by atoms with van der Waals surface area (Å²) in [6, 6.07) is 8.93. The van der Waals surface area contributed by atoms with Crippen LogP contribution in [0.1, 0.15) is 15.9 Å². The van der Waals surface area contributed by atoms with E-state index < -0.39 is 5.91 Å². The molecule has 2 rings (SSSR count). The molecule has 0 aliphatic rings. The van der Waals surface area contributed by atoms with Gasteiger partial charge in [-0.2, -0.15) is 5.10 Å². The van der Waals surface area contributed by atoms with Gasteiger partial charge in [0.2, 0.25) is 0 Å². The number of aromatic hydroxyl groups is 2. The largest absolute Gasteiger partial charge is 0.504 e. The van der Waals surface area contributed by atoms with Crippen molar-refractivity contribution in [3.8, 4) is 23.0 Å². The molecule has 23 heavy (non-hydrogen) atoms. The Kier molecular flexibility index (Phi) is 5.03. The molecule has 0 saturated carbocycles. The van der Waals surface area contributed by atoms with Crippen LogP contribution in [-0.4, -0.2) is 36.6 Å². The van der Waals surface area contributed by atoms with Crippen LogP contribution in [0.4, 0.5) is 0 Å². The number of rotatable bonds is 5. The average Bonchev–Trinajstić information content (AvgIpc) is 2.57. The first-order valence-electron chi connectivity index (χ1n) is 6.62. The smallest absolute Gasteiger partial charge is 0.271 e. The summed E-state index contributed by atoms with van der Waals surface area (Å²) >= 11 is 0. The molecule has 0 fully saturated rings. The predicted molar refractivity (Wildman–Crippen MR) is 84.4 cm³/mol. The van der Waals surface area contributed by atoms with Crippen LogP contribution in [0.15, 0.2) is 41.5 Å². The third-order valence-corrected chi connectivity index (χ3v) is 3.02. The molecule has 3 N–H and O–H groups in total. The normalized spacial score (nSPS) is 10.5. The van der Waals surface area contributed by atoms with Gasteiger partial charge >= 0.3 is 0 Å². The molecule has 1 amide bonds. The van der Waals surface area contributed by atoms with Crippen LogP contribution in [-0.2, 0) is 0 Å². The van der Waals surface area contributed by atoms with Gasteiger partial charge in [-0.3, -0.25) is 4.79 Å². The van der Waals surface area contributed by atoms with Crippen molar-refractivity contribution in [2.75, 3.05) is 14.2 Å². The number of benzene rings is 2. The van der Waals surface area contributed by atoms with E-state index in [1.165, 1.54) is 38.6 Å². The van der Waals surface area contributed by atoms with Crippen molar-refractivity contribution < 1.29 is 24.5 Å². The van der Waals surface area contributed by atoms with E-state index in [0.717, 1.165) is 0 Å². The van der Waals surface area contributed by atoms with Gasteiger partial charge in [-0.1, -0.05) is 0 Å². The van der Waals surface area contributed by atoms with Gasteiger partial charge in [-0.25, -0.2) is 5.43 Å². The first-order chi connectivity index (χ1) is 11.0. The number of carbonyl (C=O) groups excluding carboxylic acids is 1. The maximum absolute atomic E-state index is 12.0. The number of phenols is 2. The Hall–Kier alpha value is -3.22. The number of amides is 1. The monoisotopic (exact) mass is 316 g/mol. The lowest BCUT2D eigenvalue weighted by atomic mass is 10.2. The van der Waals surface area contributed by atoms with Crippen molar-refractivity contribution in [3.05, 3.63) is 47.5 Å². The summed E-state index contributed by atoms with van der Waals surface area (Å²) in [6.07, 6.45) is 1.35. The lowest BCUT2D eigenvalue weighted by molar-refractivity contribution is 0.0954. The standard InChI is InChI=1S/C16H16N2O5/c1-22-14-6-4-11(8-15(14)23-2)16(21)18-17-9-10-3-5-12(19)13(20)7-10/h3-9,19-20H,1-2H3,(H,18,21)/b17-9+. The summed E-state index contributed by atoms with van der Waals surface area (Å²) in [5.74, 6) is 0.0431. The highest BCUT2D eigenvalue weighted by Gasteiger charge is 2.10. The lowest BCUT2D eigenvalue weighted by Crippen LogP contribution is -2.17. The number of methoxy groups -OCH3 is 2. The number of nitrogens with zero attached hydrogens (tertiary/aromatic N) is 1. The summed E-state index contributed by atoms with van der Waals surface area (Å²) < 4.78 is 10.2. The first-order valence-corrected chi connectivity index (χ1v) is 6.62. The van der Waals surface area contributed by atoms with E-state index in [4.69, 9.17) is 9.47 Å². The molecule has 0 aliphatic heterocycles. The zero-order valence-corrected chi connectivity index (χ0v) is 12.6. The third kappa shape index (κ3) is 3.91. The van der Waals surface area contributed by atoms with Crippen LogP contribution in [0.2, 0.25) is 0 Å². The van der Waals surface area contributed by atoms with Crippen molar-refractivity contribution in [1.29, 1.82) is 0 Å². The molecule has 0 atom stereocenters. The molecule has 2 aromatic rings. The third-order valence-electron chi connectivity index (χ3n) is 3.02. The van der Waals surface area contributed by atoms with E-state index in [0.29, 0.717) is 22.6 Å². The van der Waals surface area contributed by atoms with E-state index in [1.54, 1.807) is 18.2 Å². The molecule has 0 aromatic heterocycles. The van der Waals surface area contributed by atoms with E-state index in [2.05, 4.69) is 10.5 Å². The fraction of sp³-hybridized carbons (Fsp3) is 0.125. The fourth-order valence-corrected chi connectivity index (χ4v) is 1.83. The second kappa shape index (κ2) is 7.17. The Bertz CT molecular complexity index is 743. The average molecular weight is 316 g/mol. The Labute approximate surface area is 132 Å². The molecule has 0 bridgehead atoms. The molecule has 0 unspecified atom stereocenters. The SMILES string of the molecule is COc1ccc(C(=O)N/N=C/c2ccc(O)c(O)c2)cc1OC. The van der Waals surface area contributed by atoms with Gasteiger partial charge in [0.15, 0.2) is 23.0 Å². The van der Waals surface area contributed by atoms with Crippen LogP contribution in [0.25, 0.3) is 0 Å². The summed E-state index contributed by atoms with van der Waals surface area (Å²) in [4.78, 5) is 12.0. The van der Waals surface area contributed by atoms with Gasteiger partial charge < -0.3 is 19.7 Å². The Morgan fingerprint density at radius 1 is 1.04 bits per heavy atom. The highest BCUT2D eigenvalue weighted by Crippen LogP contribution is 2.27. The molecule has 0 radical (unpaired) electrons. The van der Waals surface area contributed by atoms with Crippen LogP contribution in [0, 0.1) is 0 Å². The van der Waals surface area contributed by atoms with E-state index in [-0.39, 0.29) is 11.5 Å². The zero-order chi connectivity index (χ0) is 16.8. The molecule has 2 aromatic carbocycles. The zero-order valence-electron chi connectivity index (χ0n) is 12.6. The van der Waals surface area contributed by atoms with Crippen molar-refractivity contribution in [2.24, 2.45) is 5.10 Å². The molecule has 7 heteroatoms. The van der Waals surface area contributed by atoms with Gasteiger partial charge in [0.25, 0.3) is 5.91 Å². The summed E-state index contributed by atoms with van der Waals surface area (Å²) in [5.41, 5.74) is 3.24. The molecule has 120 valence electrons. The number of phenolic OH excluding ortho intramolecular Hbond substituents is 2. The van der Waals surface area contributed by atoms with Gasteiger partial charge in [0, 0.05) is 5.56 Å². The quantitative estimate of drug-likeness (QED) is 0.444. The second-order valence-electron chi connectivity index (χ2n) is 4.52. The van der Waals surface area contributed by atoms with Gasteiger partial charge in [-0.05, 0) is 42.0 Å².